The lowest BCUT2D eigenvalue weighted by Crippen LogP contribution is -2.16. The van der Waals surface area contributed by atoms with E-state index < -0.39 is 10.0 Å². The van der Waals surface area contributed by atoms with Crippen LogP contribution in [0.4, 0.5) is 11.4 Å². The van der Waals surface area contributed by atoms with Crippen molar-refractivity contribution < 1.29 is 8.42 Å². The summed E-state index contributed by atoms with van der Waals surface area (Å²) >= 11 is 2.10. The van der Waals surface area contributed by atoms with E-state index in [1.807, 2.05) is 12.1 Å². The highest BCUT2D eigenvalue weighted by Gasteiger charge is 2.20. The first-order valence-corrected chi connectivity index (χ1v) is 8.51. The van der Waals surface area contributed by atoms with Gasteiger partial charge in [-0.05, 0) is 71.8 Å². The molecule has 2 rings (SSSR count). The van der Waals surface area contributed by atoms with Crippen molar-refractivity contribution >= 4 is 44.0 Å². The van der Waals surface area contributed by atoms with Gasteiger partial charge in [0.1, 0.15) is 0 Å². The fourth-order valence-electron chi connectivity index (χ4n) is 2.15. The zero-order valence-corrected chi connectivity index (χ0v) is 14.1. The fraction of sp³-hybridized carbons (Fsp3) is 0.143. The Morgan fingerprint density at radius 3 is 2.20 bits per heavy atom. The number of nitrogens with two attached hydrogens (primary N) is 1. The van der Waals surface area contributed by atoms with E-state index in [4.69, 9.17) is 5.73 Å². The molecule has 0 unspecified atom stereocenters. The summed E-state index contributed by atoms with van der Waals surface area (Å²) in [7, 11) is -3.62. The number of para-hydroxylation sites is 1. The Hall–Kier alpha value is -1.28. The smallest absolute Gasteiger partial charge is 0.262 e. The van der Waals surface area contributed by atoms with Gasteiger partial charge >= 0.3 is 0 Å². The largest absolute Gasteiger partial charge is 0.399 e. The number of benzene rings is 2. The minimum Gasteiger partial charge on any atom is -0.399 e. The van der Waals surface area contributed by atoms with Crippen LogP contribution in [0, 0.1) is 17.4 Å². The molecule has 3 N–H and O–H groups in total. The van der Waals surface area contributed by atoms with Gasteiger partial charge in [0.2, 0.25) is 0 Å². The van der Waals surface area contributed by atoms with Crippen molar-refractivity contribution in [3.05, 3.63) is 51.1 Å². The number of rotatable bonds is 3. The summed E-state index contributed by atoms with van der Waals surface area (Å²) in [6.45, 7) is 3.49. The molecule has 0 aromatic heterocycles. The van der Waals surface area contributed by atoms with Crippen molar-refractivity contribution in [1.29, 1.82) is 0 Å². The Morgan fingerprint density at radius 1 is 1.10 bits per heavy atom. The van der Waals surface area contributed by atoms with E-state index in [1.165, 1.54) is 0 Å². The molecule has 0 spiro atoms. The zero-order valence-electron chi connectivity index (χ0n) is 11.1. The molecule has 0 saturated heterocycles. The molecule has 0 radical (unpaired) electrons. The Kier molecular flexibility index (Phi) is 4.24. The summed E-state index contributed by atoms with van der Waals surface area (Å²) in [5, 5.41) is 0. The van der Waals surface area contributed by atoms with Crippen LogP contribution in [0.3, 0.4) is 0 Å². The molecule has 0 bridgehead atoms. The second-order valence-electron chi connectivity index (χ2n) is 4.57. The number of aryl methyl sites for hydroxylation is 2. The van der Waals surface area contributed by atoms with E-state index in [-0.39, 0.29) is 4.90 Å². The average molecular weight is 402 g/mol. The van der Waals surface area contributed by atoms with Gasteiger partial charge in [-0.1, -0.05) is 12.1 Å². The SMILES string of the molecule is Cc1cc(N)cc(C)c1S(=O)(=O)Nc1ccccc1I. The number of nitrogens with one attached hydrogen (secondary N) is 1. The van der Waals surface area contributed by atoms with Crippen molar-refractivity contribution in [3.8, 4) is 0 Å². The van der Waals surface area contributed by atoms with Crippen LogP contribution in [0.2, 0.25) is 0 Å². The summed E-state index contributed by atoms with van der Waals surface area (Å²) in [4.78, 5) is 0.284. The summed E-state index contributed by atoms with van der Waals surface area (Å²) in [6.07, 6.45) is 0. The maximum atomic E-state index is 12.6. The summed E-state index contributed by atoms with van der Waals surface area (Å²) < 4.78 is 28.6. The third-order valence-corrected chi connectivity index (χ3v) is 5.48. The molecule has 0 heterocycles. The highest BCUT2D eigenvalue weighted by atomic mass is 127. The van der Waals surface area contributed by atoms with E-state index in [9.17, 15) is 8.42 Å². The predicted molar refractivity (Wildman–Crippen MR) is 90.3 cm³/mol. The van der Waals surface area contributed by atoms with Crippen LogP contribution in [0.15, 0.2) is 41.3 Å². The van der Waals surface area contributed by atoms with Gasteiger partial charge in [-0.15, -0.1) is 0 Å². The van der Waals surface area contributed by atoms with Crippen LogP contribution < -0.4 is 10.5 Å². The molecule has 106 valence electrons. The Labute approximate surface area is 132 Å². The normalized spacial score (nSPS) is 11.3. The van der Waals surface area contributed by atoms with Crippen LogP contribution in [0.25, 0.3) is 0 Å². The molecule has 2 aromatic rings. The average Bonchev–Trinajstić information content (AvgIpc) is 2.30. The summed E-state index contributed by atoms with van der Waals surface area (Å²) in [6, 6.07) is 10.6. The van der Waals surface area contributed by atoms with E-state index in [0.717, 1.165) is 3.57 Å². The number of hydrogen-bond donors (Lipinski definition) is 2. The van der Waals surface area contributed by atoms with Gasteiger partial charge in [0.25, 0.3) is 10.0 Å². The third-order valence-electron chi connectivity index (χ3n) is 2.87. The van der Waals surface area contributed by atoms with Crippen molar-refractivity contribution in [3.63, 3.8) is 0 Å². The minimum atomic E-state index is -3.62. The van der Waals surface area contributed by atoms with Gasteiger partial charge in [-0.3, -0.25) is 4.72 Å². The van der Waals surface area contributed by atoms with Gasteiger partial charge in [-0.25, -0.2) is 8.42 Å². The van der Waals surface area contributed by atoms with Gasteiger partial charge in [0.15, 0.2) is 0 Å². The second kappa shape index (κ2) is 5.61. The molecule has 4 nitrogen and oxygen atoms in total. The molecule has 0 fully saturated rings. The number of anilines is 2. The number of sulfonamides is 1. The Bertz CT molecular complexity index is 735. The quantitative estimate of drug-likeness (QED) is 0.612. The van der Waals surface area contributed by atoms with Crippen LogP contribution in [-0.4, -0.2) is 8.42 Å². The lowest BCUT2D eigenvalue weighted by Gasteiger charge is -2.14. The van der Waals surface area contributed by atoms with Gasteiger partial charge < -0.3 is 5.73 Å². The number of hydrogen-bond acceptors (Lipinski definition) is 3. The highest BCUT2D eigenvalue weighted by molar-refractivity contribution is 14.1. The fourth-order valence-corrected chi connectivity index (χ4v) is 4.39. The van der Waals surface area contributed by atoms with Crippen molar-refractivity contribution in [2.24, 2.45) is 0 Å². The molecular formula is C14H15IN2O2S. The monoisotopic (exact) mass is 402 g/mol. The second-order valence-corrected chi connectivity index (χ2v) is 7.35. The molecule has 0 atom stereocenters. The lowest BCUT2D eigenvalue weighted by atomic mass is 10.1. The van der Waals surface area contributed by atoms with E-state index in [2.05, 4.69) is 27.3 Å². The first kappa shape index (κ1) is 15.1. The number of halogens is 1. The molecule has 0 aliphatic carbocycles. The molecular weight excluding hydrogens is 387 g/mol. The zero-order chi connectivity index (χ0) is 14.9. The van der Waals surface area contributed by atoms with Gasteiger partial charge in [-0.2, -0.15) is 0 Å². The maximum Gasteiger partial charge on any atom is 0.262 e. The first-order chi connectivity index (χ1) is 9.31. The molecule has 2 aromatic carbocycles. The standard InChI is InChI=1S/C14H15IN2O2S/c1-9-7-11(16)8-10(2)14(9)20(18,19)17-13-6-4-3-5-12(13)15/h3-8,17H,16H2,1-2H3. The maximum absolute atomic E-state index is 12.6. The van der Waals surface area contributed by atoms with Crippen molar-refractivity contribution in [1.82, 2.24) is 0 Å². The molecule has 0 aliphatic heterocycles. The summed E-state index contributed by atoms with van der Waals surface area (Å²) in [5.41, 5.74) is 8.15. The van der Waals surface area contributed by atoms with Gasteiger partial charge in [0.05, 0.1) is 10.6 Å². The molecule has 0 amide bonds. The van der Waals surface area contributed by atoms with Crippen LogP contribution in [0.1, 0.15) is 11.1 Å². The Balaban J connectivity index is 2.50. The predicted octanol–water partition coefficient (Wildman–Crippen LogP) is 3.29. The molecule has 0 saturated carbocycles. The Morgan fingerprint density at radius 2 is 1.65 bits per heavy atom. The molecule has 0 aliphatic rings. The third kappa shape index (κ3) is 3.06. The highest BCUT2D eigenvalue weighted by Crippen LogP contribution is 2.26. The molecule has 20 heavy (non-hydrogen) atoms. The van der Waals surface area contributed by atoms with Crippen LogP contribution >= 0.6 is 22.6 Å². The van der Waals surface area contributed by atoms with E-state index >= 15 is 0 Å². The minimum absolute atomic E-state index is 0.284. The lowest BCUT2D eigenvalue weighted by molar-refractivity contribution is 0.600. The summed E-state index contributed by atoms with van der Waals surface area (Å²) in [5.74, 6) is 0. The van der Waals surface area contributed by atoms with E-state index in [0.29, 0.717) is 22.5 Å². The first-order valence-electron chi connectivity index (χ1n) is 5.95. The van der Waals surface area contributed by atoms with E-state index in [1.54, 1.807) is 38.1 Å². The van der Waals surface area contributed by atoms with Crippen molar-refractivity contribution in [2.75, 3.05) is 10.5 Å². The number of nitrogen functional groups attached to an aromatic ring is 1. The van der Waals surface area contributed by atoms with Crippen LogP contribution in [0.5, 0.6) is 0 Å². The van der Waals surface area contributed by atoms with Crippen LogP contribution in [-0.2, 0) is 10.0 Å². The topological polar surface area (TPSA) is 72.2 Å². The van der Waals surface area contributed by atoms with Gasteiger partial charge in [0, 0.05) is 9.26 Å². The van der Waals surface area contributed by atoms with Crippen molar-refractivity contribution in [2.45, 2.75) is 18.7 Å². The molecule has 6 heteroatoms.